The summed E-state index contributed by atoms with van der Waals surface area (Å²) in [7, 11) is 0. The molecule has 3 N–H and O–H groups in total. The van der Waals surface area contributed by atoms with E-state index in [9.17, 15) is 13.2 Å². The summed E-state index contributed by atoms with van der Waals surface area (Å²) in [6.07, 6.45) is 0. The monoisotopic (exact) mass is 284 g/mol. The van der Waals surface area contributed by atoms with Crippen molar-refractivity contribution in [3.63, 3.8) is 0 Å². The van der Waals surface area contributed by atoms with Crippen LogP contribution >= 0.6 is 28.1 Å². The van der Waals surface area contributed by atoms with Crippen molar-refractivity contribution in [1.82, 2.24) is 0 Å². The Labute approximate surface area is 91.4 Å². The first kappa shape index (κ1) is 11.3. The Morgan fingerprint density at radius 2 is 1.93 bits per heavy atom. The van der Waals surface area contributed by atoms with Crippen LogP contribution in [0.4, 0.5) is 18.9 Å². The predicted octanol–water partition coefficient (Wildman–Crippen LogP) is 2.52. The topological polar surface area (TPSA) is 38.0 Å². The number of halogens is 4. The average Bonchev–Trinajstić information content (AvgIpc) is 2.10. The van der Waals surface area contributed by atoms with Crippen molar-refractivity contribution in [2.45, 2.75) is 0 Å². The van der Waals surface area contributed by atoms with Crippen molar-refractivity contribution in [3.05, 3.63) is 28.0 Å². The lowest BCUT2D eigenvalue weighted by Crippen LogP contribution is -2.20. The molecule has 76 valence electrons. The van der Waals surface area contributed by atoms with Crippen LogP contribution in [-0.4, -0.2) is 5.11 Å². The first-order chi connectivity index (χ1) is 6.43. The van der Waals surface area contributed by atoms with Crippen LogP contribution in [0.5, 0.6) is 0 Å². The largest absolute Gasteiger partial charge is 0.376 e. The van der Waals surface area contributed by atoms with Crippen LogP contribution in [0.1, 0.15) is 0 Å². The maximum atomic E-state index is 13.2. The van der Waals surface area contributed by atoms with Gasteiger partial charge in [-0.1, -0.05) is 0 Å². The van der Waals surface area contributed by atoms with Crippen molar-refractivity contribution in [2.24, 2.45) is 5.73 Å². The summed E-state index contributed by atoms with van der Waals surface area (Å²) in [6.45, 7) is 0. The van der Waals surface area contributed by atoms with Crippen LogP contribution in [-0.2, 0) is 0 Å². The van der Waals surface area contributed by atoms with Crippen molar-refractivity contribution in [2.75, 3.05) is 5.32 Å². The van der Waals surface area contributed by atoms with Gasteiger partial charge in [0, 0.05) is 6.07 Å². The number of anilines is 1. The molecular formula is C7H4BrF3N2S. The highest BCUT2D eigenvalue weighted by Crippen LogP contribution is 2.28. The molecule has 0 spiro atoms. The predicted molar refractivity (Wildman–Crippen MR) is 54.4 cm³/mol. The minimum Gasteiger partial charge on any atom is -0.376 e. The molecule has 0 saturated heterocycles. The molecule has 14 heavy (non-hydrogen) atoms. The molecule has 1 rings (SSSR count). The van der Waals surface area contributed by atoms with Gasteiger partial charge in [0.1, 0.15) is 0 Å². The molecule has 1 aromatic rings. The van der Waals surface area contributed by atoms with E-state index in [2.05, 4.69) is 33.5 Å². The summed E-state index contributed by atoms with van der Waals surface area (Å²) in [5, 5.41) is 1.95. The van der Waals surface area contributed by atoms with Crippen LogP contribution in [0.15, 0.2) is 10.5 Å². The lowest BCUT2D eigenvalue weighted by molar-refractivity contribution is 0.489. The number of rotatable bonds is 1. The maximum absolute atomic E-state index is 13.2. The van der Waals surface area contributed by atoms with Gasteiger partial charge in [0.25, 0.3) is 0 Å². The highest BCUT2D eigenvalue weighted by Gasteiger charge is 2.16. The second-order valence-corrected chi connectivity index (χ2v) is 3.57. The third kappa shape index (κ3) is 2.16. The Kier molecular flexibility index (Phi) is 3.33. The SMILES string of the molecule is NC(=S)Nc1cc(F)c(F)c(Br)c1F. The summed E-state index contributed by atoms with van der Waals surface area (Å²) >= 11 is 6.98. The molecule has 0 radical (unpaired) electrons. The van der Waals surface area contributed by atoms with Crippen LogP contribution in [0.25, 0.3) is 0 Å². The summed E-state index contributed by atoms with van der Waals surface area (Å²) in [4.78, 5) is 0. The molecule has 7 heteroatoms. The Morgan fingerprint density at radius 1 is 1.36 bits per heavy atom. The van der Waals surface area contributed by atoms with Gasteiger partial charge < -0.3 is 11.1 Å². The fraction of sp³-hybridized carbons (Fsp3) is 0. The fourth-order valence-electron chi connectivity index (χ4n) is 0.797. The molecule has 0 amide bonds. The van der Waals surface area contributed by atoms with Gasteiger partial charge in [-0.15, -0.1) is 0 Å². The number of nitrogens with one attached hydrogen (secondary N) is 1. The minimum absolute atomic E-state index is 0.234. The van der Waals surface area contributed by atoms with E-state index in [-0.39, 0.29) is 10.8 Å². The minimum atomic E-state index is -1.30. The van der Waals surface area contributed by atoms with Gasteiger partial charge >= 0.3 is 0 Å². The molecule has 0 aliphatic heterocycles. The van der Waals surface area contributed by atoms with E-state index in [1.54, 1.807) is 0 Å². The van der Waals surface area contributed by atoms with Gasteiger partial charge in [-0.3, -0.25) is 0 Å². The molecule has 1 aromatic carbocycles. The van der Waals surface area contributed by atoms with Crippen molar-refractivity contribution >= 4 is 38.9 Å². The third-order valence-corrected chi connectivity index (χ3v) is 2.16. The van der Waals surface area contributed by atoms with E-state index in [1.165, 1.54) is 0 Å². The molecule has 0 bridgehead atoms. The molecule has 0 aliphatic carbocycles. The molecule has 0 aliphatic rings. The first-order valence-corrected chi connectivity index (χ1v) is 4.53. The van der Waals surface area contributed by atoms with Gasteiger partial charge in [0.15, 0.2) is 22.6 Å². The summed E-state index contributed by atoms with van der Waals surface area (Å²) in [5.74, 6) is -3.48. The molecule has 0 saturated carbocycles. The second-order valence-electron chi connectivity index (χ2n) is 2.34. The van der Waals surface area contributed by atoms with Gasteiger partial charge in [-0.2, -0.15) is 0 Å². The zero-order chi connectivity index (χ0) is 10.9. The standard InChI is InChI=1S/C7H4BrF3N2S/c8-4-5(10)2(9)1-3(6(4)11)13-7(12)14/h1H,(H3,12,13,14). The number of thiocarbonyl (C=S) groups is 1. The summed E-state index contributed by atoms with van der Waals surface area (Å²) in [6, 6.07) is 0.634. The van der Waals surface area contributed by atoms with E-state index >= 15 is 0 Å². The second kappa shape index (κ2) is 4.14. The molecule has 2 nitrogen and oxygen atoms in total. The van der Waals surface area contributed by atoms with Gasteiger partial charge in [-0.25, -0.2) is 13.2 Å². The summed E-state index contributed by atoms with van der Waals surface area (Å²) in [5.41, 5.74) is 4.74. The van der Waals surface area contributed by atoms with Crippen LogP contribution < -0.4 is 11.1 Å². The molecule has 0 aromatic heterocycles. The smallest absolute Gasteiger partial charge is 0.176 e. The number of benzene rings is 1. The van der Waals surface area contributed by atoms with E-state index in [0.717, 1.165) is 0 Å². The Balaban J connectivity index is 3.25. The third-order valence-electron chi connectivity index (χ3n) is 1.36. The van der Waals surface area contributed by atoms with Crippen molar-refractivity contribution < 1.29 is 13.2 Å². The van der Waals surface area contributed by atoms with Crippen LogP contribution in [0.3, 0.4) is 0 Å². The first-order valence-electron chi connectivity index (χ1n) is 3.33. The van der Waals surface area contributed by atoms with Crippen molar-refractivity contribution in [3.8, 4) is 0 Å². The van der Waals surface area contributed by atoms with E-state index in [1.807, 2.05) is 0 Å². The van der Waals surface area contributed by atoms with Crippen LogP contribution in [0, 0.1) is 17.5 Å². The lowest BCUT2D eigenvalue weighted by Gasteiger charge is -2.07. The number of hydrogen-bond acceptors (Lipinski definition) is 1. The quantitative estimate of drug-likeness (QED) is 0.473. The van der Waals surface area contributed by atoms with Gasteiger partial charge in [-0.05, 0) is 28.1 Å². The summed E-state index contributed by atoms with van der Waals surface area (Å²) < 4.78 is 38.1. The molecule has 0 unspecified atom stereocenters. The number of nitrogens with two attached hydrogens (primary N) is 1. The van der Waals surface area contributed by atoms with E-state index < -0.39 is 21.9 Å². The highest BCUT2D eigenvalue weighted by molar-refractivity contribution is 9.10. The Hall–Kier alpha value is -0.820. The van der Waals surface area contributed by atoms with E-state index in [4.69, 9.17) is 5.73 Å². The van der Waals surface area contributed by atoms with Crippen LogP contribution in [0.2, 0.25) is 0 Å². The zero-order valence-corrected chi connectivity index (χ0v) is 8.98. The lowest BCUT2D eigenvalue weighted by atomic mass is 10.3. The highest BCUT2D eigenvalue weighted by atomic mass is 79.9. The molecule has 0 atom stereocenters. The fourth-order valence-corrected chi connectivity index (χ4v) is 1.31. The Morgan fingerprint density at radius 3 is 2.43 bits per heavy atom. The van der Waals surface area contributed by atoms with Crippen molar-refractivity contribution in [1.29, 1.82) is 0 Å². The molecule has 0 fully saturated rings. The van der Waals surface area contributed by atoms with Gasteiger partial charge in [0.2, 0.25) is 0 Å². The molecule has 0 heterocycles. The maximum Gasteiger partial charge on any atom is 0.176 e. The molecular weight excluding hydrogens is 281 g/mol. The Bertz CT molecular complexity index is 397. The van der Waals surface area contributed by atoms with E-state index in [0.29, 0.717) is 6.07 Å². The average molecular weight is 285 g/mol. The zero-order valence-electron chi connectivity index (χ0n) is 6.57. The normalized spacial score (nSPS) is 10.0. The number of hydrogen-bond donors (Lipinski definition) is 2. The van der Waals surface area contributed by atoms with Gasteiger partial charge in [0.05, 0.1) is 10.2 Å².